The molecule has 8 heteroatoms. The molecule has 0 aliphatic carbocycles. The SMILES string of the molecule is Cc1cccc(N(CC(=O)N(CCc2ccccc2)[C@H](C)C(=O)NCC(C)C)S(C)(=O)=O)c1. The molecule has 33 heavy (non-hydrogen) atoms. The molecule has 0 unspecified atom stereocenters. The summed E-state index contributed by atoms with van der Waals surface area (Å²) in [5.74, 6) is -0.409. The van der Waals surface area contributed by atoms with Gasteiger partial charge in [0.25, 0.3) is 0 Å². The molecule has 0 aromatic heterocycles. The molecule has 2 aromatic rings. The number of carbonyl (C=O) groups is 2. The molecule has 0 saturated carbocycles. The van der Waals surface area contributed by atoms with Crippen LogP contribution in [0.1, 0.15) is 31.9 Å². The Morgan fingerprint density at radius 3 is 2.24 bits per heavy atom. The molecule has 0 heterocycles. The van der Waals surface area contributed by atoms with Crippen LogP contribution < -0.4 is 9.62 Å². The number of aryl methyl sites for hydroxylation is 1. The summed E-state index contributed by atoms with van der Waals surface area (Å²) in [7, 11) is -3.71. The van der Waals surface area contributed by atoms with Crippen molar-refractivity contribution >= 4 is 27.5 Å². The second-order valence-electron chi connectivity index (χ2n) is 8.75. The summed E-state index contributed by atoms with van der Waals surface area (Å²) >= 11 is 0. The van der Waals surface area contributed by atoms with Crippen LogP contribution in [0.4, 0.5) is 5.69 Å². The largest absolute Gasteiger partial charge is 0.354 e. The fraction of sp³-hybridized carbons (Fsp3) is 0.440. The zero-order valence-electron chi connectivity index (χ0n) is 20.1. The van der Waals surface area contributed by atoms with E-state index in [0.29, 0.717) is 25.2 Å². The van der Waals surface area contributed by atoms with E-state index in [4.69, 9.17) is 0 Å². The van der Waals surface area contributed by atoms with Gasteiger partial charge in [0, 0.05) is 13.1 Å². The number of nitrogens with zero attached hydrogens (tertiary/aromatic N) is 2. The van der Waals surface area contributed by atoms with E-state index in [1.807, 2.05) is 57.2 Å². The minimum Gasteiger partial charge on any atom is -0.354 e. The molecule has 0 aliphatic heterocycles. The normalized spacial score (nSPS) is 12.3. The Bertz CT molecular complexity index is 1040. The fourth-order valence-electron chi connectivity index (χ4n) is 3.42. The quantitative estimate of drug-likeness (QED) is 0.544. The van der Waals surface area contributed by atoms with Gasteiger partial charge in [0.2, 0.25) is 21.8 Å². The Kier molecular flexibility index (Phi) is 9.46. The Hall–Kier alpha value is -2.87. The first-order chi connectivity index (χ1) is 15.5. The smallest absolute Gasteiger partial charge is 0.244 e. The van der Waals surface area contributed by atoms with E-state index in [9.17, 15) is 18.0 Å². The molecule has 2 aromatic carbocycles. The number of hydrogen-bond donors (Lipinski definition) is 1. The summed E-state index contributed by atoms with van der Waals surface area (Å²) < 4.78 is 26.2. The topological polar surface area (TPSA) is 86.8 Å². The van der Waals surface area contributed by atoms with Gasteiger partial charge in [-0.15, -0.1) is 0 Å². The average molecular weight is 474 g/mol. The Balaban J connectivity index is 2.28. The van der Waals surface area contributed by atoms with Crippen LogP contribution in [0, 0.1) is 12.8 Å². The van der Waals surface area contributed by atoms with Gasteiger partial charge in [-0.2, -0.15) is 0 Å². The van der Waals surface area contributed by atoms with Gasteiger partial charge in [-0.1, -0.05) is 56.3 Å². The Labute approximate surface area is 197 Å². The van der Waals surface area contributed by atoms with Crippen molar-refractivity contribution in [3.8, 4) is 0 Å². The van der Waals surface area contributed by atoms with E-state index in [2.05, 4.69) is 5.32 Å². The van der Waals surface area contributed by atoms with Crippen molar-refractivity contribution < 1.29 is 18.0 Å². The van der Waals surface area contributed by atoms with E-state index in [1.54, 1.807) is 25.1 Å². The molecule has 2 rings (SSSR count). The van der Waals surface area contributed by atoms with E-state index < -0.39 is 22.0 Å². The molecule has 0 bridgehead atoms. The summed E-state index contributed by atoms with van der Waals surface area (Å²) in [6.45, 7) is 7.95. The van der Waals surface area contributed by atoms with E-state index in [1.165, 1.54) is 4.90 Å². The highest BCUT2D eigenvalue weighted by Crippen LogP contribution is 2.19. The molecule has 0 spiro atoms. The summed E-state index contributed by atoms with van der Waals surface area (Å²) in [6.07, 6.45) is 1.63. The zero-order chi connectivity index (χ0) is 24.6. The second-order valence-corrected chi connectivity index (χ2v) is 10.7. The maximum Gasteiger partial charge on any atom is 0.244 e. The number of hydrogen-bond acceptors (Lipinski definition) is 4. The maximum absolute atomic E-state index is 13.4. The van der Waals surface area contributed by atoms with Crippen molar-refractivity contribution in [1.82, 2.24) is 10.2 Å². The third-order valence-electron chi connectivity index (χ3n) is 5.30. The van der Waals surface area contributed by atoms with Crippen LogP contribution in [0.3, 0.4) is 0 Å². The molecule has 0 aliphatic rings. The van der Waals surface area contributed by atoms with Gasteiger partial charge in [-0.25, -0.2) is 8.42 Å². The van der Waals surface area contributed by atoms with Crippen molar-refractivity contribution in [1.29, 1.82) is 0 Å². The summed E-state index contributed by atoms with van der Waals surface area (Å²) in [5, 5.41) is 2.87. The molecule has 0 fully saturated rings. The van der Waals surface area contributed by atoms with E-state index >= 15 is 0 Å². The van der Waals surface area contributed by atoms with Gasteiger partial charge in [0.1, 0.15) is 12.6 Å². The Morgan fingerprint density at radius 1 is 1.00 bits per heavy atom. The second kappa shape index (κ2) is 11.8. The number of sulfonamides is 1. The number of carbonyl (C=O) groups excluding carboxylic acids is 2. The zero-order valence-corrected chi connectivity index (χ0v) is 20.9. The lowest BCUT2D eigenvalue weighted by atomic mass is 10.1. The number of amides is 2. The maximum atomic E-state index is 13.4. The van der Waals surface area contributed by atoms with Crippen molar-refractivity contribution in [3.63, 3.8) is 0 Å². The predicted octanol–water partition coefficient (Wildman–Crippen LogP) is 2.99. The lowest BCUT2D eigenvalue weighted by Gasteiger charge is -2.31. The van der Waals surface area contributed by atoms with Crippen LogP contribution in [0.2, 0.25) is 0 Å². The van der Waals surface area contributed by atoms with Gasteiger partial charge in [0.15, 0.2) is 0 Å². The molecule has 7 nitrogen and oxygen atoms in total. The highest BCUT2D eigenvalue weighted by molar-refractivity contribution is 7.92. The third kappa shape index (κ3) is 8.20. The van der Waals surface area contributed by atoms with Crippen molar-refractivity contribution in [2.45, 2.75) is 40.2 Å². The predicted molar refractivity (Wildman–Crippen MR) is 133 cm³/mol. The standard InChI is InChI=1S/C25H35N3O4S/c1-19(2)17-26-25(30)21(4)27(15-14-22-11-7-6-8-12-22)24(29)18-28(33(5,31)32)23-13-9-10-20(3)16-23/h6-13,16,19,21H,14-15,17-18H2,1-5H3,(H,26,30)/t21-/m1/s1. The molecule has 1 N–H and O–H groups in total. The van der Waals surface area contributed by atoms with Gasteiger partial charge in [-0.05, 0) is 49.4 Å². The van der Waals surface area contributed by atoms with Gasteiger partial charge in [-0.3, -0.25) is 13.9 Å². The van der Waals surface area contributed by atoms with Gasteiger partial charge >= 0.3 is 0 Å². The number of rotatable bonds is 11. The molecule has 180 valence electrons. The van der Waals surface area contributed by atoms with Crippen molar-refractivity contribution in [2.75, 3.05) is 30.2 Å². The van der Waals surface area contributed by atoms with Crippen molar-refractivity contribution in [3.05, 3.63) is 65.7 Å². The number of benzene rings is 2. The summed E-state index contributed by atoms with van der Waals surface area (Å²) in [6, 6.07) is 15.9. The molecule has 2 amide bonds. The highest BCUT2D eigenvalue weighted by Gasteiger charge is 2.29. The van der Waals surface area contributed by atoms with Gasteiger partial charge < -0.3 is 10.2 Å². The van der Waals surface area contributed by atoms with Crippen LogP contribution in [-0.2, 0) is 26.0 Å². The lowest BCUT2D eigenvalue weighted by molar-refractivity contribution is -0.138. The molecular formula is C25H35N3O4S. The molecule has 1 atom stereocenters. The Morgan fingerprint density at radius 2 is 1.67 bits per heavy atom. The lowest BCUT2D eigenvalue weighted by Crippen LogP contribution is -2.52. The summed E-state index contributed by atoms with van der Waals surface area (Å²) in [5.41, 5.74) is 2.34. The summed E-state index contributed by atoms with van der Waals surface area (Å²) in [4.78, 5) is 27.6. The first-order valence-electron chi connectivity index (χ1n) is 11.1. The van der Waals surface area contributed by atoms with Crippen LogP contribution in [0.5, 0.6) is 0 Å². The van der Waals surface area contributed by atoms with E-state index in [-0.39, 0.29) is 18.4 Å². The van der Waals surface area contributed by atoms with Crippen LogP contribution in [-0.4, -0.2) is 57.1 Å². The molecule has 0 radical (unpaired) electrons. The fourth-order valence-corrected chi connectivity index (χ4v) is 4.26. The van der Waals surface area contributed by atoms with Crippen LogP contribution in [0.15, 0.2) is 54.6 Å². The molecule has 0 saturated heterocycles. The van der Waals surface area contributed by atoms with Crippen LogP contribution >= 0.6 is 0 Å². The van der Waals surface area contributed by atoms with Crippen LogP contribution in [0.25, 0.3) is 0 Å². The molecular weight excluding hydrogens is 438 g/mol. The van der Waals surface area contributed by atoms with Gasteiger partial charge in [0.05, 0.1) is 11.9 Å². The highest BCUT2D eigenvalue weighted by atomic mass is 32.2. The van der Waals surface area contributed by atoms with Crippen molar-refractivity contribution in [2.24, 2.45) is 5.92 Å². The third-order valence-corrected chi connectivity index (χ3v) is 6.45. The van der Waals surface area contributed by atoms with E-state index in [0.717, 1.165) is 21.7 Å². The average Bonchev–Trinajstić information content (AvgIpc) is 2.75. The first-order valence-corrected chi connectivity index (χ1v) is 13.0. The number of nitrogens with one attached hydrogen (secondary N) is 1. The number of anilines is 1. The minimum absolute atomic E-state index is 0.258. The monoisotopic (exact) mass is 473 g/mol. The first kappa shape index (κ1) is 26.4. The minimum atomic E-state index is -3.71.